The van der Waals surface area contributed by atoms with Gasteiger partial charge < -0.3 is 15.4 Å². The second-order valence-corrected chi connectivity index (χ2v) is 7.48. The van der Waals surface area contributed by atoms with Gasteiger partial charge in [-0.05, 0) is 43.1 Å². The topological polar surface area (TPSA) is 65.1 Å². The molecule has 3 rings (SSSR count). The summed E-state index contributed by atoms with van der Waals surface area (Å²) in [6.45, 7) is 2.16. The highest BCUT2D eigenvalue weighted by atomic mass is 32.1. The molecule has 0 spiro atoms. The van der Waals surface area contributed by atoms with Gasteiger partial charge in [0.1, 0.15) is 5.60 Å². The number of aromatic amines is 1. The van der Waals surface area contributed by atoms with Crippen LogP contribution in [0.15, 0.2) is 24.3 Å². The number of benzene rings is 1. The summed E-state index contributed by atoms with van der Waals surface area (Å²) in [6.07, 6.45) is 1.79. The van der Waals surface area contributed by atoms with Gasteiger partial charge in [-0.2, -0.15) is 0 Å². The Kier molecular flexibility index (Phi) is 4.16. The van der Waals surface area contributed by atoms with Crippen LogP contribution >= 0.6 is 23.6 Å². The molecular weight excluding hydrogens is 316 g/mol. The number of aryl methyl sites for hydroxylation is 2. The Morgan fingerprint density at radius 2 is 2.27 bits per heavy atom. The highest BCUT2D eigenvalue weighted by Crippen LogP contribution is 2.36. The van der Waals surface area contributed by atoms with Gasteiger partial charge in [-0.25, -0.2) is 0 Å². The molecular formula is C16H18N2O2S2. The molecule has 2 aromatic rings. The summed E-state index contributed by atoms with van der Waals surface area (Å²) in [4.78, 5) is 16.1. The molecule has 1 heterocycles. The van der Waals surface area contributed by atoms with Crippen LogP contribution in [0.25, 0.3) is 0 Å². The van der Waals surface area contributed by atoms with Gasteiger partial charge in [0, 0.05) is 10.6 Å². The second-order valence-electron chi connectivity index (χ2n) is 5.70. The van der Waals surface area contributed by atoms with Crippen LogP contribution in [0.1, 0.15) is 28.1 Å². The maximum atomic E-state index is 12.1. The van der Waals surface area contributed by atoms with E-state index in [9.17, 15) is 9.90 Å². The maximum absolute atomic E-state index is 12.1. The molecule has 0 bridgehead atoms. The normalized spacial score (nSPS) is 19.9. The van der Waals surface area contributed by atoms with Crippen molar-refractivity contribution in [1.29, 1.82) is 0 Å². The Balaban J connectivity index is 1.64. The van der Waals surface area contributed by atoms with Gasteiger partial charge in [0.2, 0.25) is 5.91 Å². The van der Waals surface area contributed by atoms with Crippen molar-refractivity contribution in [3.63, 3.8) is 0 Å². The fourth-order valence-corrected chi connectivity index (χ4v) is 4.20. The molecule has 1 aliphatic rings. The van der Waals surface area contributed by atoms with E-state index in [1.54, 1.807) is 0 Å². The van der Waals surface area contributed by atoms with Crippen molar-refractivity contribution in [2.45, 2.75) is 31.8 Å². The Labute approximate surface area is 138 Å². The average Bonchev–Trinajstić information content (AvgIpc) is 2.99. The first kappa shape index (κ1) is 15.4. The number of rotatable bonds is 4. The molecule has 0 fully saturated rings. The monoisotopic (exact) mass is 334 g/mol. The number of carbonyl (C=O) groups excluding carboxylic acids is 1. The third-order valence-corrected chi connectivity index (χ3v) is 5.49. The van der Waals surface area contributed by atoms with E-state index >= 15 is 0 Å². The zero-order valence-corrected chi connectivity index (χ0v) is 13.9. The summed E-state index contributed by atoms with van der Waals surface area (Å²) < 4.78 is 0.684. The Morgan fingerprint density at radius 1 is 1.50 bits per heavy atom. The molecule has 1 aliphatic carbocycles. The summed E-state index contributed by atoms with van der Waals surface area (Å²) >= 11 is 6.50. The molecule has 0 radical (unpaired) electrons. The molecule has 0 aliphatic heterocycles. The maximum Gasteiger partial charge on any atom is 0.225 e. The molecule has 0 saturated heterocycles. The number of amides is 1. The van der Waals surface area contributed by atoms with Crippen LogP contribution in [-0.4, -0.2) is 22.5 Å². The summed E-state index contributed by atoms with van der Waals surface area (Å²) in [5.41, 5.74) is 2.09. The molecule has 1 amide bonds. The van der Waals surface area contributed by atoms with E-state index < -0.39 is 5.60 Å². The smallest absolute Gasteiger partial charge is 0.225 e. The highest BCUT2D eigenvalue weighted by Gasteiger charge is 2.36. The Bertz CT molecular complexity index is 766. The molecule has 1 atom stereocenters. The fraction of sp³-hybridized carbons (Fsp3) is 0.375. The Hall–Kier alpha value is -1.50. The molecule has 1 aromatic carbocycles. The van der Waals surface area contributed by atoms with Gasteiger partial charge in [-0.3, -0.25) is 4.79 Å². The fourth-order valence-electron chi connectivity index (χ4n) is 2.91. The van der Waals surface area contributed by atoms with E-state index in [4.69, 9.17) is 12.2 Å². The zero-order chi connectivity index (χ0) is 15.7. The summed E-state index contributed by atoms with van der Waals surface area (Å²) in [5.74, 6) is -0.0915. The number of aliphatic hydroxyl groups is 1. The number of hydrogen-bond acceptors (Lipinski definition) is 4. The van der Waals surface area contributed by atoms with Crippen molar-refractivity contribution in [1.82, 2.24) is 10.3 Å². The predicted octanol–water partition coefficient (Wildman–Crippen LogP) is 2.61. The standard InChI is InChI=1S/C16H18N2O2S2/c1-10-13(22-15(21)18-10)8-14(19)17-9-16(20)7-6-11-4-2-3-5-12(11)16/h2-5,20H,6-9H2,1H3,(H,17,19)(H,18,21)/t16-/m0/s1. The summed E-state index contributed by atoms with van der Waals surface area (Å²) in [6, 6.07) is 7.87. The van der Waals surface area contributed by atoms with Crippen molar-refractivity contribution in [2.75, 3.05) is 6.54 Å². The molecule has 116 valence electrons. The van der Waals surface area contributed by atoms with Gasteiger partial charge in [0.25, 0.3) is 0 Å². The number of carbonyl (C=O) groups is 1. The van der Waals surface area contributed by atoms with Crippen molar-refractivity contribution in [2.24, 2.45) is 0 Å². The lowest BCUT2D eigenvalue weighted by molar-refractivity contribution is -0.121. The van der Waals surface area contributed by atoms with Crippen LogP contribution in [0.4, 0.5) is 0 Å². The van der Waals surface area contributed by atoms with Gasteiger partial charge in [0.05, 0.1) is 13.0 Å². The summed E-state index contributed by atoms with van der Waals surface area (Å²) in [7, 11) is 0. The molecule has 3 N–H and O–H groups in total. The lowest BCUT2D eigenvalue weighted by atomic mass is 9.96. The highest BCUT2D eigenvalue weighted by molar-refractivity contribution is 7.73. The number of nitrogens with one attached hydrogen (secondary N) is 2. The Morgan fingerprint density at radius 3 is 3.00 bits per heavy atom. The lowest BCUT2D eigenvalue weighted by Gasteiger charge is -2.24. The number of hydrogen-bond donors (Lipinski definition) is 3. The van der Waals surface area contributed by atoms with Crippen molar-refractivity contribution >= 4 is 29.5 Å². The third-order valence-electron chi connectivity index (χ3n) is 4.15. The first-order valence-electron chi connectivity index (χ1n) is 7.24. The summed E-state index contributed by atoms with van der Waals surface area (Å²) in [5, 5.41) is 13.6. The van der Waals surface area contributed by atoms with Gasteiger partial charge in [-0.1, -0.05) is 24.3 Å². The number of aromatic nitrogens is 1. The average molecular weight is 334 g/mol. The molecule has 6 heteroatoms. The second kappa shape index (κ2) is 5.95. The van der Waals surface area contributed by atoms with E-state index in [0.29, 0.717) is 16.8 Å². The van der Waals surface area contributed by atoms with Gasteiger partial charge >= 0.3 is 0 Å². The van der Waals surface area contributed by atoms with E-state index in [0.717, 1.165) is 22.6 Å². The lowest BCUT2D eigenvalue weighted by Crippen LogP contribution is -2.39. The van der Waals surface area contributed by atoms with Crippen LogP contribution in [0.2, 0.25) is 0 Å². The quantitative estimate of drug-likeness (QED) is 0.753. The van der Waals surface area contributed by atoms with E-state index in [1.807, 2.05) is 31.2 Å². The van der Waals surface area contributed by atoms with Crippen molar-refractivity contribution in [3.05, 3.63) is 49.9 Å². The van der Waals surface area contributed by atoms with Crippen molar-refractivity contribution in [3.8, 4) is 0 Å². The third kappa shape index (κ3) is 2.99. The van der Waals surface area contributed by atoms with Crippen LogP contribution in [-0.2, 0) is 23.2 Å². The molecule has 1 aromatic heterocycles. The van der Waals surface area contributed by atoms with Crippen molar-refractivity contribution < 1.29 is 9.90 Å². The zero-order valence-electron chi connectivity index (χ0n) is 12.3. The van der Waals surface area contributed by atoms with Crippen LogP contribution in [0.5, 0.6) is 0 Å². The largest absolute Gasteiger partial charge is 0.383 e. The molecule has 0 unspecified atom stereocenters. The minimum absolute atomic E-state index is 0.0915. The van der Waals surface area contributed by atoms with Crippen LogP contribution < -0.4 is 5.32 Å². The van der Waals surface area contributed by atoms with Gasteiger partial charge in [0.15, 0.2) is 3.95 Å². The first-order valence-corrected chi connectivity index (χ1v) is 8.46. The number of H-pyrrole nitrogens is 1. The van der Waals surface area contributed by atoms with Crippen LogP contribution in [0.3, 0.4) is 0 Å². The molecule has 0 saturated carbocycles. The predicted molar refractivity (Wildman–Crippen MR) is 89.6 cm³/mol. The van der Waals surface area contributed by atoms with Crippen LogP contribution in [0, 0.1) is 10.9 Å². The number of fused-ring (bicyclic) bond motifs is 1. The van der Waals surface area contributed by atoms with E-state index in [-0.39, 0.29) is 12.5 Å². The molecule has 4 nitrogen and oxygen atoms in total. The minimum Gasteiger partial charge on any atom is -0.383 e. The first-order chi connectivity index (χ1) is 10.5. The minimum atomic E-state index is -0.952. The van der Waals surface area contributed by atoms with Gasteiger partial charge in [-0.15, -0.1) is 11.3 Å². The van der Waals surface area contributed by atoms with E-state index in [1.165, 1.54) is 16.9 Å². The number of thiazole rings is 1. The molecule has 22 heavy (non-hydrogen) atoms. The van der Waals surface area contributed by atoms with E-state index in [2.05, 4.69) is 10.3 Å². The SMILES string of the molecule is Cc1[nH]c(=S)sc1CC(=O)NC[C@@]1(O)CCc2ccccc21.